The number of hydrogen-bond acceptors (Lipinski definition) is 5. The number of aromatic nitrogens is 3. The molecule has 0 N–H and O–H groups in total. The number of fused-ring (bicyclic) bond motifs is 6. The molecule has 9 aromatic carbocycles. The maximum Gasteiger partial charge on any atom is 0.164 e. The molecule has 58 heavy (non-hydrogen) atoms. The fourth-order valence-corrected chi connectivity index (χ4v) is 10.00. The topological polar surface area (TPSA) is 41.9 Å². The second-order valence-electron chi connectivity index (χ2n) is 14.7. The maximum atomic E-state index is 5.41. The zero-order chi connectivity index (χ0) is 38.2. The Bertz CT molecular complexity index is 3410. The molecule has 0 unspecified atom stereocenters. The molecule has 0 spiro atoms. The van der Waals surface area contributed by atoms with Gasteiger partial charge in [0.15, 0.2) is 17.5 Å². The van der Waals surface area contributed by atoms with Crippen LogP contribution in [0.1, 0.15) is 0 Å². The molecule has 0 atom stereocenters. The Morgan fingerprint density at radius 3 is 1.90 bits per heavy atom. The van der Waals surface area contributed by atoms with Crippen molar-refractivity contribution in [3.63, 3.8) is 0 Å². The molecule has 0 radical (unpaired) electrons. The van der Waals surface area contributed by atoms with E-state index >= 15 is 0 Å². The first-order chi connectivity index (χ1) is 28.8. The van der Waals surface area contributed by atoms with Crippen LogP contribution in [-0.2, 0) is 0 Å². The van der Waals surface area contributed by atoms with E-state index in [4.69, 9.17) is 15.0 Å². The van der Waals surface area contributed by atoms with Crippen LogP contribution < -0.4 is 4.90 Å². The molecule has 0 saturated carbocycles. The van der Waals surface area contributed by atoms with E-state index in [1.165, 1.54) is 53.2 Å². The van der Waals surface area contributed by atoms with E-state index in [0.29, 0.717) is 17.5 Å². The molecule has 1 aliphatic rings. The van der Waals surface area contributed by atoms with Crippen molar-refractivity contribution in [1.82, 2.24) is 15.0 Å². The first kappa shape index (κ1) is 32.7. The first-order valence-corrected chi connectivity index (χ1v) is 20.3. The fourth-order valence-electron chi connectivity index (χ4n) is 8.87. The summed E-state index contributed by atoms with van der Waals surface area (Å²) in [6.45, 7) is 0. The van der Waals surface area contributed by atoms with Gasteiger partial charge in [-0.3, -0.25) is 0 Å². The predicted molar refractivity (Wildman–Crippen MR) is 243 cm³/mol. The van der Waals surface area contributed by atoms with Crippen molar-refractivity contribution in [3.8, 4) is 56.4 Å². The van der Waals surface area contributed by atoms with E-state index in [-0.39, 0.29) is 0 Å². The van der Waals surface area contributed by atoms with Crippen molar-refractivity contribution in [2.45, 2.75) is 0 Å². The van der Waals surface area contributed by atoms with Crippen LogP contribution in [0, 0.1) is 0 Å². The van der Waals surface area contributed by atoms with Crippen LogP contribution in [0.3, 0.4) is 0 Å². The van der Waals surface area contributed by atoms with Crippen molar-refractivity contribution in [2.75, 3.05) is 4.90 Å². The molecule has 0 aliphatic carbocycles. The summed E-state index contributed by atoms with van der Waals surface area (Å²) in [6, 6.07) is 69.2. The standard InChI is InChI=1S/C53H32N4S/c1-3-15-34(16-4-1)38-21-12-25-44-48(38)42-23-11-22-39-40(30-31-45(49(39)42)57(44)37-18-5-2-6-19-37)52-54-51(36-29-28-33-14-7-8-17-35(33)32-36)55-53(56-52)43-24-13-27-47-50(43)41-20-9-10-26-46(41)58-47/h1-32H. The molecule has 12 rings (SSSR count). The molecule has 5 heteroatoms. The molecule has 0 fully saturated rings. The third kappa shape index (κ3) is 5.11. The van der Waals surface area contributed by atoms with Gasteiger partial charge in [0, 0.05) is 53.5 Å². The summed E-state index contributed by atoms with van der Waals surface area (Å²) in [7, 11) is 0. The normalized spacial score (nSPS) is 12.1. The molecule has 4 nitrogen and oxygen atoms in total. The highest BCUT2D eigenvalue weighted by molar-refractivity contribution is 7.25. The summed E-state index contributed by atoms with van der Waals surface area (Å²) < 4.78 is 2.46. The van der Waals surface area contributed by atoms with Gasteiger partial charge in [-0.15, -0.1) is 11.3 Å². The van der Waals surface area contributed by atoms with E-state index < -0.39 is 0 Å². The number of thiophene rings is 1. The Morgan fingerprint density at radius 1 is 0.362 bits per heavy atom. The quantitative estimate of drug-likeness (QED) is 0.175. The Labute approximate surface area is 339 Å². The average molecular weight is 757 g/mol. The summed E-state index contributed by atoms with van der Waals surface area (Å²) in [5.74, 6) is 1.94. The van der Waals surface area contributed by atoms with Gasteiger partial charge in [0.25, 0.3) is 0 Å². The Balaban J connectivity index is 1.15. The van der Waals surface area contributed by atoms with Crippen molar-refractivity contribution in [3.05, 3.63) is 194 Å². The lowest BCUT2D eigenvalue weighted by atomic mass is 9.85. The maximum absolute atomic E-state index is 5.41. The fraction of sp³-hybridized carbons (Fsp3) is 0. The van der Waals surface area contributed by atoms with Gasteiger partial charge < -0.3 is 4.90 Å². The lowest BCUT2D eigenvalue weighted by Crippen LogP contribution is -2.15. The van der Waals surface area contributed by atoms with E-state index in [0.717, 1.165) is 44.5 Å². The molecular formula is C53H32N4S. The van der Waals surface area contributed by atoms with Gasteiger partial charge in [-0.2, -0.15) is 0 Å². The van der Waals surface area contributed by atoms with Crippen molar-refractivity contribution in [2.24, 2.45) is 0 Å². The van der Waals surface area contributed by atoms with Crippen molar-refractivity contribution in [1.29, 1.82) is 0 Å². The van der Waals surface area contributed by atoms with E-state index in [1.54, 1.807) is 11.3 Å². The molecule has 1 aliphatic heterocycles. The first-order valence-electron chi connectivity index (χ1n) is 19.5. The van der Waals surface area contributed by atoms with Gasteiger partial charge >= 0.3 is 0 Å². The zero-order valence-corrected chi connectivity index (χ0v) is 32.0. The summed E-state index contributed by atoms with van der Waals surface area (Å²) in [5.41, 5.74) is 11.1. The van der Waals surface area contributed by atoms with Crippen LogP contribution in [0.15, 0.2) is 194 Å². The van der Waals surface area contributed by atoms with Gasteiger partial charge in [0.05, 0.1) is 11.4 Å². The van der Waals surface area contributed by atoms with Gasteiger partial charge in [0.2, 0.25) is 0 Å². The summed E-state index contributed by atoms with van der Waals surface area (Å²) in [6.07, 6.45) is 0. The number of anilines is 3. The molecule has 0 saturated heterocycles. The van der Waals surface area contributed by atoms with Crippen molar-refractivity contribution < 1.29 is 0 Å². The number of hydrogen-bond donors (Lipinski definition) is 0. The number of nitrogens with zero attached hydrogens (tertiary/aromatic N) is 4. The Kier molecular flexibility index (Phi) is 7.37. The van der Waals surface area contributed by atoms with E-state index in [2.05, 4.69) is 199 Å². The highest BCUT2D eigenvalue weighted by atomic mass is 32.1. The Morgan fingerprint density at radius 2 is 1.02 bits per heavy atom. The van der Waals surface area contributed by atoms with Crippen LogP contribution in [0.4, 0.5) is 17.1 Å². The van der Waals surface area contributed by atoms with E-state index in [9.17, 15) is 0 Å². The monoisotopic (exact) mass is 756 g/mol. The smallest absolute Gasteiger partial charge is 0.164 e. The number of rotatable bonds is 5. The largest absolute Gasteiger partial charge is 0.309 e. The average Bonchev–Trinajstić information content (AvgIpc) is 3.68. The molecule has 0 bridgehead atoms. The zero-order valence-electron chi connectivity index (χ0n) is 31.2. The molecular weight excluding hydrogens is 725 g/mol. The second-order valence-corrected chi connectivity index (χ2v) is 15.8. The summed E-state index contributed by atoms with van der Waals surface area (Å²) >= 11 is 1.80. The summed E-state index contributed by atoms with van der Waals surface area (Å²) in [5, 5.41) is 6.96. The summed E-state index contributed by atoms with van der Waals surface area (Å²) in [4.78, 5) is 18.4. The van der Waals surface area contributed by atoms with Gasteiger partial charge in [-0.1, -0.05) is 146 Å². The van der Waals surface area contributed by atoms with Gasteiger partial charge in [0.1, 0.15) is 0 Å². The minimum absolute atomic E-state index is 0.641. The van der Waals surface area contributed by atoms with Crippen LogP contribution in [0.5, 0.6) is 0 Å². The van der Waals surface area contributed by atoms with Gasteiger partial charge in [-0.05, 0) is 81.4 Å². The lowest BCUT2D eigenvalue weighted by Gasteiger charge is -2.35. The molecule has 2 aromatic heterocycles. The van der Waals surface area contributed by atoms with Crippen LogP contribution in [0.25, 0.3) is 98.1 Å². The third-order valence-electron chi connectivity index (χ3n) is 11.4. The predicted octanol–water partition coefficient (Wildman–Crippen LogP) is 14.7. The molecule has 3 heterocycles. The van der Waals surface area contributed by atoms with Crippen LogP contribution in [-0.4, -0.2) is 15.0 Å². The Hall–Kier alpha value is -7.47. The molecule has 11 aromatic rings. The highest BCUT2D eigenvalue weighted by Crippen LogP contribution is 2.55. The minimum atomic E-state index is 0.641. The molecule has 0 amide bonds. The number of benzene rings is 9. The van der Waals surface area contributed by atoms with Crippen molar-refractivity contribution >= 4 is 70.1 Å². The van der Waals surface area contributed by atoms with E-state index in [1.807, 2.05) is 0 Å². The third-order valence-corrected chi connectivity index (χ3v) is 12.6. The molecule has 270 valence electrons. The van der Waals surface area contributed by atoms with Crippen LogP contribution in [0.2, 0.25) is 0 Å². The minimum Gasteiger partial charge on any atom is -0.309 e. The number of para-hydroxylation sites is 1. The lowest BCUT2D eigenvalue weighted by molar-refractivity contribution is 1.08. The highest BCUT2D eigenvalue weighted by Gasteiger charge is 2.30. The second kappa shape index (κ2) is 13.1. The van der Waals surface area contributed by atoms with Crippen LogP contribution >= 0.6 is 11.3 Å². The SMILES string of the molecule is c1ccc(-c2cccc3c2-c2cccc4c(-c5nc(-c6ccc7ccccc7c6)nc(-c6cccc7sc8ccccc8c67)n5)ccc(c24)N3c2ccccc2)cc1. The van der Waals surface area contributed by atoms with Gasteiger partial charge in [-0.25, -0.2) is 15.0 Å².